The number of para-hydroxylation sites is 1. The summed E-state index contributed by atoms with van der Waals surface area (Å²) in [5, 5.41) is 10.1. The topological polar surface area (TPSA) is 80.0 Å². The molecular weight excluding hydrogens is 324 g/mol. The molecule has 1 aromatic carbocycles. The molecule has 0 radical (unpaired) electrons. The number of carbonyl (C=O) groups is 1. The number of carbonyl (C=O) groups excluding carboxylic acids is 1. The number of hydrogen-bond donors (Lipinski definition) is 2. The van der Waals surface area contributed by atoms with Crippen LogP contribution in [0.1, 0.15) is 50.4 Å². The van der Waals surface area contributed by atoms with Crippen LogP contribution in [0.25, 0.3) is 0 Å². The molecule has 0 bridgehead atoms. The van der Waals surface area contributed by atoms with Gasteiger partial charge in [0, 0.05) is 10.1 Å². The van der Waals surface area contributed by atoms with E-state index in [0.717, 1.165) is 10.6 Å². The molecule has 7 heteroatoms. The Morgan fingerprint density at radius 2 is 2.08 bits per heavy atom. The van der Waals surface area contributed by atoms with Crippen molar-refractivity contribution >= 4 is 23.5 Å². The van der Waals surface area contributed by atoms with Gasteiger partial charge in [0.2, 0.25) is 5.89 Å². The number of anilines is 1. The average molecular weight is 346 g/mol. The van der Waals surface area contributed by atoms with Gasteiger partial charge < -0.3 is 15.2 Å². The van der Waals surface area contributed by atoms with Crippen molar-refractivity contribution in [1.82, 2.24) is 15.5 Å². The van der Waals surface area contributed by atoms with Gasteiger partial charge in [-0.05, 0) is 38.8 Å². The van der Waals surface area contributed by atoms with Gasteiger partial charge in [-0.15, -0.1) is 11.8 Å². The molecule has 6 nitrogen and oxygen atoms in total. The van der Waals surface area contributed by atoms with Crippen molar-refractivity contribution in [3.05, 3.63) is 36.0 Å². The van der Waals surface area contributed by atoms with E-state index in [2.05, 4.69) is 26.8 Å². The summed E-state index contributed by atoms with van der Waals surface area (Å²) in [6.45, 7) is 3.56. The minimum absolute atomic E-state index is 0.280. The fourth-order valence-corrected chi connectivity index (χ4v) is 4.10. The number of nitrogens with one attached hydrogen (secondary N) is 2. The Morgan fingerprint density at radius 3 is 2.79 bits per heavy atom. The van der Waals surface area contributed by atoms with Crippen molar-refractivity contribution in [2.24, 2.45) is 0 Å². The Kier molecular flexibility index (Phi) is 5.40. The van der Waals surface area contributed by atoms with Gasteiger partial charge in [-0.25, -0.2) is 4.79 Å². The summed E-state index contributed by atoms with van der Waals surface area (Å²) >= 11 is 1.86. The van der Waals surface area contributed by atoms with Crippen LogP contribution in [0.15, 0.2) is 33.7 Å². The molecule has 2 aromatic rings. The number of urea groups is 1. The van der Waals surface area contributed by atoms with Crippen molar-refractivity contribution in [2.45, 2.75) is 55.7 Å². The van der Waals surface area contributed by atoms with E-state index in [0.29, 0.717) is 17.0 Å². The second-order valence-corrected chi connectivity index (χ2v) is 7.36. The van der Waals surface area contributed by atoms with Gasteiger partial charge >= 0.3 is 6.03 Å². The summed E-state index contributed by atoms with van der Waals surface area (Å²) in [6, 6.07) is 7.30. The second kappa shape index (κ2) is 7.70. The second-order valence-electron chi connectivity index (χ2n) is 6.02. The van der Waals surface area contributed by atoms with Gasteiger partial charge in [-0.1, -0.05) is 30.1 Å². The summed E-state index contributed by atoms with van der Waals surface area (Å²) in [6.07, 6.45) is 5.10. The monoisotopic (exact) mass is 346 g/mol. The highest BCUT2D eigenvalue weighted by Crippen LogP contribution is 2.37. The number of aryl methyl sites for hydroxylation is 1. The van der Waals surface area contributed by atoms with Crippen molar-refractivity contribution in [3.8, 4) is 0 Å². The Morgan fingerprint density at radius 1 is 1.33 bits per heavy atom. The minimum Gasteiger partial charge on any atom is -0.337 e. The number of rotatable bonds is 5. The third kappa shape index (κ3) is 4.29. The molecule has 0 aliphatic heterocycles. The lowest BCUT2D eigenvalue weighted by Crippen LogP contribution is -2.31. The third-order valence-electron chi connectivity index (χ3n) is 3.99. The maximum absolute atomic E-state index is 12.3. The maximum atomic E-state index is 12.3. The molecule has 1 heterocycles. The van der Waals surface area contributed by atoms with Crippen molar-refractivity contribution < 1.29 is 9.32 Å². The number of benzene rings is 1. The first-order chi connectivity index (χ1) is 11.6. The van der Waals surface area contributed by atoms with E-state index in [-0.39, 0.29) is 12.1 Å². The summed E-state index contributed by atoms with van der Waals surface area (Å²) < 4.78 is 5.08. The first-order valence-electron chi connectivity index (χ1n) is 8.25. The Bertz CT molecular complexity index is 697. The van der Waals surface area contributed by atoms with E-state index < -0.39 is 0 Å². The van der Waals surface area contributed by atoms with Crippen LogP contribution in [0.3, 0.4) is 0 Å². The molecule has 2 amide bonds. The molecule has 0 spiro atoms. The molecule has 1 fully saturated rings. The maximum Gasteiger partial charge on any atom is 0.319 e. The smallest absolute Gasteiger partial charge is 0.319 e. The van der Waals surface area contributed by atoms with Crippen molar-refractivity contribution in [3.63, 3.8) is 0 Å². The summed E-state index contributed by atoms with van der Waals surface area (Å²) in [7, 11) is 0. The van der Waals surface area contributed by atoms with Crippen LogP contribution < -0.4 is 10.6 Å². The van der Waals surface area contributed by atoms with E-state index in [1.165, 1.54) is 25.7 Å². The molecule has 3 rings (SSSR count). The first kappa shape index (κ1) is 16.8. The number of amides is 2. The van der Waals surface area contributed by atoms with Crippen LogP contribution in [0, 0.1) is 6.92 Å². The molecule has 24 heavy (non-hydrogen) atoms. The van der Waals surface area contributed by atoms with E-state index in [1.54, 1.807) is 6.92 Å². The lowest BCUT2D eigenvalue weighted by molar-refractivity contribution is 0.245. The molecule has 1 aliphatic carbocycles. The Balaban J connectivity index is 1.61. The molecule has 0 unspecified atom stereocenters. The number of nitrogens with zero attached hydrogens (tertiary/aromatic N) is 2. The fraction of sp³-hybridized carbons (Fsp3) is 0.471. The van der Waals surface area contributed by atoms with Crippen LogP contribution in [0.4, 0.5) is 10.5 Å². The van der Waals surface area contributed by atoms with Gasteiger partial charge in [0.05, 0.1) is 5.69 Å². The van der Waals surface area contributed by atoms with Gasteiger partial charge in [-0.2, -0.15) is 4.98 Å². The van der Waals surface area contributed by atoms with Crippen LogP contribution in [-0.2, 0) is 0 Å². The highest BCUT2D eigenvalue weighted by Gasteiger charge is 2.19. The molecule has 1 saturated carbocycles. The minimum atomic E-state index is -0.346. The fourth-order valence-electron chi connectivity index (χ4n) is 2.76. The van der Waals surface area contributed by atoms with Gasteiger partial charge in [-0.3, -0.25) is 0 Å². The summed E-state index contributed by atoms with van der Waals surface area (Å²) in [4.78, 5) is 17.5. The summed E-state index contributed by atoms with van der Waals surface area (Å²) in [5.74, 6) is 0.952. The number of thioether (sulfide) groups is 1. The molecule has 0 saturated heterocycles. The van der Waals surface area contributed by atoms with Gasteiger partial charge in [0.15, 0.2) is 5.82 Å². The van der Waals surface area contributed by atoms with E-state index in [1.807, 2.05) is 36.9 Å². The predicted molar refractivity (Wildman–Crippen MR) is 94.2 cm³/mol. The largest absolute Gasteiger partial charge is 0.337 e. The normalized spacial score (nSPS) is 16.1. The standard InChI is InChI=1S/C17H22N4O2S/c1-11(16-19-12(2)21-23-16)18-17(22)20-14-9-5-6-10-15(14)24-13-7-3-4-8-13/h5-6,9-11,13H,3-4,7-8H2,1-2H3,(H2,18,20,22)/t11-/m0/s1. The van der Waals surface area contributed by atoms with E-state index in [9.17, 15) is 4.79 Å². The zero-order chi connectivity index (χ0) is 16.9. The summed E-state index contributed by atoms with van der Waals surface area (Å²) in [5.41, 5.74) is 0.834. The highest BCUT2D eigenvalue weighted by atomic mass is 32.2. The van der Waals surface area contributed by atoms with E-state index >= 15 is 0 Å². The number of aromatic nitrogens is 2. The van der Waals surface area contributed by atoms with Crippen molar-refractivity contribution in [1.29, 1.82) is 0 Å². The Labute approximate surface area is 145 Å². The molecule has 1 aliphatic rings. The first-order valence-corrected chi connectivity index (χ1v) is 9.13. The lowest BCUT2D eigenvalue weighted by atomic mass is 10.3. The van der Waals surface area contributed by atoms with E-state index in [4.69, 9.17) is 4.52 Å². The highest BCUT2D eigenvalue weighted by molar-refractivity contribution is 8.00. The molecule has 1 atom stereocenters. The van der Waals surface area contributed by atoms with Crippen LogP contribution in [0.2, 0.25) is 0 Å². The quantitative estimate of drug-likeness (QED) is 0.844. The lowest BCUT2D eigenvalue weighted by Gasteiger charge is -2.15. The molecule has 2 N–H and O–H groups in total. The molecular formula is C17H22N4O2S. The van der Waals surface area contributed by atoms with Crippen LogP contribution >= 0.6 is 11.8 Å². The Hall–Kier alpha value is -2.02. The van der Waals surface area contributed by atoms with Gasteiger partial charge in [0.1, 0.15) is 6.04 Å². The predicted octanol–water partition coefficient (Wildman–Crippen LogP) is 4.30. The van der Waals surface area contributed by atoms with Crippen LogP contribution in [0.5, 0.6) is 0 Å². The van der Waals surface area contributed by atoms with Crippen LogP contribution in [-0.4, -0.2) is 21.4 Å². The molecule has 128 valence electrons. The zero-order valence-corrected chi connectivity index (χ0v) is 14.7. The SMILES string of the molecule is Cc1noc([C@H](C)NC(=O)Nc2ccccc2SC2CCCC2)n1. The third-order valence-corrected chi connectivity index (χ3v) is 5.41. The zero-order valence-electron chi connectivity index (χ0n) is 13.9. The molecule has 1 aromatic heterocycles. The van der Waals surface area contributed by atoms with Crippen molar-refractivity contribution in [2.75, 3.05) is 5.32 Å². The number of hydrogen-bond acceptors (Lipinski definition) is 5. The van der Waals surface area contributed by atoms with Gasteiger partial charge in [0.25, 0.3) is 0 Å². The average Bonchev–Trinajstić information content (AvgIpc) is 3.21.